The number of thiol groups is 1. The maximum atomic E-state index is 14.2. The first-order chi connectivity index (χ1) is 16.5. The quantitative estimate of drug-likeness (QED) is 0.185. The molecule has 0 saturated carbocycles. The minimum Gasteiger partial charge on any atom is -0.353 e. The van der Waals surface area contributed by atoms with Gasteiger partial charge in [0, 0.05) is 28.5 Å². The Hall–Kier alpha value is -2.79. The van der Waals surface area contributed by atoms with Crippen LogP contribution in [-0.2, 0) is 4.79 Å². The van der Waals surface area contributed by atoms with Crippen molar-refractivity contribution >= 4 is 47.3 Å². The van der Waals surface area contributed by atoms with Crippen molar-refractivity contribution in [1.82, 2.24) is 25.8 Å². The largest absolute Gasteiger partial charge is 0.353 e. The van der Waals surface area contributed by atoms with Crippen LogP contribution < -0.4 is 21.3 Å². The minimum atomic E-state index is -0.462. The maximum absolute atomic E-state index is 14.2. The van der Waals surface area contributed by atoms with Crippen LogP contribution in [0.2, 0.25) is 5.02 Å². The second-order valence-electron chi connectivity index (χ2n) is 7.47. The Kier molecular flexibility index (Phi) is 10.0. The average Bonchev–Trinajstić information content (AvgIpc) is 2.82. The Labute approximate surface area is 208 Å². The van der Waals surface area contributed by atoms with Gasteiger partial charge in [-0.1, -0.05) is 18.5 Å². The molecule has 0 aliphatic heterocycles. The number of nitrogens with zero attached hydrogens (tertiary/aromatic N) is 3. The molecule has 0 spiro atoms. The molecule has 0 unspecified atom stereocenters. The molecule has 1 amide bonds. The summed E-state index contributed by atoms with van der Waals surface area (Å²) >= 11 is 10.3. The zero-order valence-corrected chi connectivity index (χ0v) is 20.4. The fourth-order valence-corrected chi connectivity index (χ4v) is 3.40. The van der Waals surface area contributed by atoms with Crippen LogP contribution in [0.4, 0.5) is 21.6 Å². The standard InChI is InChI=1S/C23H27ClFN7OS/c1-2-7-26-8-3-9-27-14-22(33)30-21-12-16(6-10-28-21)29-20-13-19(31-32-23(20)34)17-11-15(24)4-5-18(17)25/h4-6,10-13,26-27H,2-3,7-9,14H2,1H3,(H,32,34)(H2,28,29,30,31,33). The molecule has 0 radical (unpaired) electrons. The molecule has 0 aliphatic rings. The number of hydrogen-bond acceptors (Lipinski definition) is 8. The third-order valence-corrected chi connectivity index (χ3v) is 5.27. The monoisotopic (exact) mass is 503 g/mol. The molecule has 2 aromatic heterocycles. The van der Waals surface area contributed by atoms with E-state index in [1.54, 1.807) is 24.4 Å². The molecule has 34 heavy (non-hydrogen) atoms. The smallest absolute Gasteiger partial charge is 0.239 e. The van der Waals surface area contributed by atoms with E-state index in [1.165, 1.54) is 18.2 Å². The van der Waals surface area contributed by atoms with Gasteiger partial charge < -0.3 is 21.3 Å². The molecule has 4 N–H and O–H groups in total. The van der Waals surface area contributed by atoms with Crippen molar-refractivity contribution in [2.45, 2.75) is 24.8 Å². The molecule has 0 bridgehead atoms. The maximum Gasteiger partial charge on any atom is 0.239 e. The lowest BCUT2D eigenvalue weighted by atomic mass is 10.1. The number of carbonyl (C=O) groups excluding carboxylic acids is 1. The van der Waals surface area contributed by atoms with E-state index < -0.39 is 5.82 Å². The third kappa shape index (κ3) is 7.91. The van der Waals surface area contributed by atoms with Gasteiger partial charge in [0.2, 0.25) is 5.91 Å². The molecule has 0 aliphatic carbocycles. The van der Waals surface area contributed by atoms with Crippen molar-refractivity contribution in [1.29, 1.82) is 0 Å². The lowest BCUT2D eigenvalue weighted by Crippen LogP contribution is -2.30. The highest BCUT2D eigenvalue weighted by Crippen LogP contribution is 2.29. The van der Waals surface area contributed by atoms with Crippen molar-refractivity contribution in [3.63, 3.8) is 0 Å². The van der Waals surface area contributed by atoms with Crippen LogP contribution >= 0.6 is 24.2 Å². The van der Waals surface area contributed by atoms with E-state index in [0.717, 1.165) is 32.5 Å². The fraction of sp³-hybridized carbons (Fsp3) is 0.304. The zero-order chi connectivity index (χ0) is 24.3. The molecule has 2 heterocycles. The van der Waals surface area contributed by atoms with Gasteiger partial charge in [-0.2, -0.15) is 0 Å². The average molecular weight is 504 g/mol. The Balaban J connectivity index is 1.60. The summed E-state index contributed by atoms with van der Waals surface area (Å²) in [6, 6.07) is 9.26. The van der Waals surface area contributed by atoms with Crippen LogP contribution in [0, 0.1) is 5.82 Å². The van der Waals surface area contributed by atoms with Crippen LogP contribution in [0.1, 0.15) is 19.8 Å². The van der Waals surface area contributed by atoms with Gasteiger partial charge in [-0.15, -0.1) is 22.8 Å². The van der Waals surface area contributed by atoms with Gasteiger partial charge in [-0.25, -0.2) is 9.37 Å². The van der Waals surface area contributed by atoms with Gasteiger partial charge in [0.05, 0.1) is 17.9 Å². The van der Waals surface area contributed by atoms with E-state index in [4.69, 9.17) is 11.6 Å². The second kappa shape index (κ2) is 13.2. The number of rotatable bonds is 12. The lowest BCUT2D eigenvalue weighted by Gasteiger charge is -2.12. The number of nitrogens with one attached hydrogen (secondary N) is 4. The summed E-state index contributed by atoms with van der Waals surface area (Å²) in [5.74, 6) is -0.257. The number of amides is 1. The Morgan fingerprint density at radius 1 is 1.09 bits per heavy atom. The van der Waals surface area contributed by atoms with Crippen LogP contribution in [0.25, 0.3) is 11.3 Å². The van der Waals surface area contributed by atoms with Gasteiger partial charge in [-0.05, 0) is 62.8 Å². The first-order valence-electron chi connectivity index (χ1n) is 10.9. The van der Waals surface area contributed by atoms with Gasteiger partial charge in [0.1, 0.15) is 16.7 Å². The molecule has 11 heteroatoms. The highest BCUT2D eigenvalue weighted by Gasteiger charge is 2.12. The fourth-order valence-electron chi connectivity index (χ4n) is 3.06. The van der Waals surface area contributed by atoms with Gasteiger partial charge in [0.15, 0.2) is 0 Å². The van der Waals surface area contributed by atoms with Gasteiger partial charge in [0.25, 0.3) is 0 Å². The third-order valence-electron chi connectivity index (χ3n) is 4.70. The summed E-state index contributed by atoms with van der Waals surface area (Å²) in [5, 5.41) is 21.1. The highest BCUT2D eigenvalue weighted by atomic mass is 35.5. The number of hydrogen-bond donors (Lipinski definition) is 5. The molecular weight excluding hydrogens is 477 g/mol. The van der Waals surface area contributed by atoms with Crippen molar-refractivity contribution < 1.29 is 9.18 Å². The van der Waals surface area contributed by atoms with Crippen molar-refractivity contribution in [3.05, 3.63) is 53.4 Å². The van der Waals surface area contributed by atoms with Crippen LogP contribution in [0.15, 0.2) is 47.6 Å². The summed E-state index contributed by atoms with van der Waals surface area (Å²) in [4.78, 5) is 16.4. The van der Waals surface area contributed by atoms with E-state index in [0.29, 0.717) is 32.9 Å². The molecule has 3 aromatic rings. The summed E-state index contributed by atoms with van der Waals surface area (Å²) in [5.41, 5.74) is 1.68. The predicted octanol–water partition coefficient (Wildman–Crippen LogP) is 4.28. The lowest BCUT2D eigenvalue weighted by molar-refractivity contribution is -0.115. The SMILES string of the molecule is CCCNCCCNCC(=O)Nc1cc(Nc2cc(-c3cc(Cl)ccc3F)nnc2S)ccn1. The van der Waals surface area contributed by atoms with Crippen LogP contribution in [-0.4, -0.2) is 47.3 Å². The van der Waals surface area contributed by atoms with Crippen LogP contribution in [0.5, 0.6) is 0 Å². The zero-order valence-electron chi connectivity index (χ0n) is 18.7. The molecule has 1 aromatic carbocycles. The summed E-state index contributed by atoms with van der Waals surface area (Å²) in [6.45, 7) is 4.98. The first-order valence-corrected chi connectivity index (χ1v) is 11.7. The van der Waals surface area contributed by atoms with Crippen molar-refractivity contribution in [2.24, 2.45) is 0 Å². The number of aromatic nitrogens is 3. The first kappa shape index (κ1) is 25.8. The van der Waals surface area contributed by atoms with E-state index in [-0.39, 0.29) is 18.0 Å². The second-order valence-corrected chi connectivity index (χ2v) is 8.33. The Morgan fingerprint density at radius 2 is 1.91 bits per heavy atom. The molecule has 0 fully saturated rings. The summed E-state index contributed by atoms with van der Waals surface area (Å²) in [7, 11) is 0. The van der Waals surface area contributed by atoms with Crippen LogP contribution in [0.3, 0.4) is 0 Å². The topological polar surface area (TPSA) is 104 Å². The predicted molar refractivity (Wildman–Crippen MR) is 136 cm³/mol. The molecule has 180 valence electrons. The van der Waals surface area contributed by atoms with Gasteiger partial charge in [-0.3, -0.25) is 4.79 Å². The molecule has 0 saturated heterocycles. The minimum absolute atomic E-state index is 0.189. The normalized spacial score (nSPS) is 10.8. The van der Waals surface area contributed by atoms with E-state index >= 15 is 0 Å². The molecule has 0 atom stereocenters. The number of carbonyl (C=O) groups is 1. The molecule has 8 nitrogen and oxygen atoms in total. The Morgan fingerprint density at radius 3 is 2.74 bits per heavy atom. The van der Waals surface area contributed by atoms with E-state index in [9.17, 15) is 9.18 Å². The Bertz CT molecular complexity index is 1120. The van der Waals surface area contributed by atoms with Crippen molar-refractivity contribution in [2.75, 3.05) is 36.8 Å². The molecular formula is C23H27ClFN7OS. The number of pyridine rings is 1. The van der Waals surface area contributed by atoms with Gasteiger partial charge >= 0.3 is 0 Å². The van der Waals surface area contributed by atoms with E-state index in [1.807, 2.05) is 0 Å². The number of anilines is 3. The van der Waals surface area contributed by atoms with E-state index in [2.05, 4.69) is 56.0 Å². The highest BCUT2D eigenvalue weighted by molar-refractivity contribution is 7.80. The summed E-state index contributed by atoms with van der Waals surface area (Å²) < 4.78 is 14.2. The summed E-state index contributed by atoms with van der Waals surface area (Å²) in [6.07, 6.45) is 3.61. The number of benzene rings is 1. The number of halogens is 2. The van der Waals surface area contributed by atoms with Crippen molar-refractivity contribution in [3.8, 4) is 11.3 Å². The molecule has 3 rings (SSSR count).